The van der Waals surface area contributed by atoms with Crippen LogP contribution in [0.3, 0.4) is 0 Å². The van der Waals surface area contributed by atoms with Crippen molar-refractivity contribution >= 4 is 28.7 Å². The maximum Gasteiger partial charge on any atom is 0.404 e. The third-order valence-electron chi connectivity index (χ3n) is 5.91. The summed E-state index contributed by atoms with van der Waals surface area (Å²) < 4.78 is 32.4. The number of carbonyl (C=O) groups is 2. The number of methoxy groups -OCH3 is 4. The minimum absolute atomic E-state index is 0.0427. The number of nitrogens with two attached hydrogens (primary N) is 1. The Morgan fingerprint density at radius 3 is 2.08 bits per heavy atom. The predicted octanol–water partition coefficient (Wildman–Crippen LogP) is 4.33. The van der Waals surface area contributed by atoms with E-state index in [-0.39, 0.29) is 40.7 Å². The number of aromatic hydroxyl groups is 1. The van der Waals surface area contributed by atoms with Gasteiger partial charge < -0.3 is 44.3 Å². The van der Waals surface area contributed by atoms with Crippen molar-refractivity contribution in [2.45, 2.75) is 26.8 Å². The third-order valence-corrected chi connectivity index (χ3v) is 5.91. The normalized spacial score (nSPS) is 12.1. The number of ketones is 1. The minimum atomic E-state index is -0.934. The summed E-state index contributed by atoms with van der Waals surface area (Å²) in [6, 6.07) is 5.66. The Morgan fingerprint density at radius 1 is 1.00 bits per heavy atom. The summed E-state index contributed by atoms with van der Waals surface area (Å²) in [5.41, 5.74) is 5.11. The van der Waals surface area contributed by atoms with Gasteiger partial charge >= 0.3 is 6.09 Å². The molecular weight excluding hydrogens is 484 g/mol. The molecule has 1 amide bonds. The SMILES string of the molecule is COc1cc(C(=O)c2c(NC(COC(N)=O)C(C)(C)C)oc3c(O)c(OC)ccc23)cc(OC)c1OC. The van der Waals surface area contributed by atoms with Crippen molar-refractivity contribution in [2.24, 2.45) is 11.1 Å². The van der Waals surface area contributed by atoms with E-state index < -0.39 is 23.3 Å². The summed E-state index contributed by atoms with van der Waals surface area (Å²) in [6.07, 6.45) is -0.934. The van der Waals surface area contributed by atoms with Crippen molar-refractivity contribution in [3.63, 3.8) is 0 Å². The molecule has 200 valence electrons. The van der Waals surface area contributed by atoms with Crippen LogP contribution in [0, 0.1) is 5.41 Å². The number of furan rings is 1. The number of anilines is 1. The Bertz CT molecular complexity index is 1280. The van der Waals surface area contributed by atoms with Gasteiger partial charge in [-0.05, 0) is 29.7 Å². The molecule has 0 aliphatic rings. The van der Waals surface area contributed by atoms with Crippen LogP contribution in [0.5, 0.6) is 28.7 Å². The highest BCUT2D eigenvalue weighted by Gasteiger charge is 2.32. The van der Waals surface area contributed by atoms with E-state index in [2.05, 4.69) is 5.32 Å². The van der Waals surface area contributed by atoms with Crippen LogP contribution in [0.15, 0.2) is 28.7 Å². The summed E-state index contributed by atoms with van der Waals surface area (Å²) in [7, 11) is 5.76. The number of fused-ring (bicyclic) bond motifs is 1. The van der Waals surface area contributed by atoms with E-state index in [0.717, 1.165) is 0 Å². The Hall–Kier alpha value is -4.28. The minimum Gasteiger partial charge on any atom is -0.502 e. The molecule has 1 heterocycles. The van der Waals surface area contributed by atoms with Gasteiger partial charge in [-0.3, -0.25) is 4.79 Å². The van der Waals surface area contributed by atoms with Crippen molar-refractivity contribution < 1.29 is 42.8 Å². The molecule has 0 saturated heterocycles. The van der Waals surface area contributed by atoms with Gasteiger partial charge in [-0.15, -0.1) is 0 Å². The lowest BCUT2D eigenvalue weighted by Crippen LogP contribution is -2.39. The van der Waals surface area contributed by atoms with Gasteiger partial charge in [0.1, 0.15) is 6.61 Å². The lowest BCUT2D eigenvalue weighted by atomic mass is 9.87. The zero-order valence-corrected chi connectivity index (χ0v) is 21.9. The average molecular weight is 517 g/mol. The molecule has 1 unspecified atom stereocenters. The first kappa shape index (κ1) is 27.3. The van der Waals surface area contributed by atoms with Crippen LogP contribution in [0.25, 0.3) is 11.0 Å². The Kier molecular flexibility index (Phi) is 7.95. The van der Waals surface area contributed by atoms with E-state index in [4.69, 9.17) is 33.8 Å². The maximum atomic E-state index is 14.0. The molecule has 1 aromatic heterocycles. The van der Waals surface area contributed by atoms with Gasteiger partial charge in [-0.25, -0.2) is 4.79 Å². The zero-order valence-electron chi connectivity index (χ0n) is 21.9. The van der Waals surface area contributed by atoms with Crippen LogP contribution < -0.4 is 30.0 Å². The van der Waals surface area contributed by atoms with Crippen LogP contribution in [-0.2, 0) is 4.74 Å². The first-order chi connectivity index (χ1) is 17.5. The highest BCUT2D eigenvalue weighted by Crippen LogP contribution is 2.44. The van der Waals surface area contributed by atoms with E-state index in [1.54, 1.807) is 6.07 Å². The molecule has 0 bridgehead atoms. The number of carbonyl (C=O) groups excluding carboxylic acids is 2. The second-order valence-electron chi connectivity index (χ2n) is 9.24. The van der Waals surface area contributed by atoms with E-state index in [1.807, 2.05) is 20.8 Å². The molecule has 2 aromatic carbocycles. The first-order valence-corrected chi connectivity index (χ1v) is 11.3. The number of amides is 1. The molecule has 37 heavy (non-hydrogen) atoms. The quantitative estimate of drug-likeness (QED) is 0.332. The summed E-state index contributed by atoms with van der Waals surface area (Å²) in [6.45, 7) is 5.65. The highest BCUT2D eigenvalue weighted by atomic mass is 16.5. The van der Waals surface area contributed by atoms with Crippen molar-refractivity contribution in [2.75, 3.05) is 40.4 Å². The van der Waals surface area contributed by atoms with Gasteiger partial charge in [-0.1, -0.05) is 20.8 Å². The van der Waals surface area contributed by atoms with Crippen molar-refractivity contribution in [3.05, 3.63) is 35.4 Å². The molecule has 0 aliphatic heterocycles. The second kappa shape index (κ2) is 10.8. The van der Waals surface area contributed by atoms with E-state index >= 15 is 0 Å². The van der Waals surface area contributed by atoms with Crippen LogP contribution in [0.2, 0.25) is 0 Å². The van der Waals surface area contributed by atoms with Gasteiger partial charge in [0.2, 0.25) is 17.4 Å². The molecule has 0 spiro atoms. The number of hydrogen-bond donors (Lipinski definition) is 3. The second-order valence-corrected chi connectivity index (χ2v) is 9.24. The fraction of sp³-hybridized carbons (Fsp3) is 0.385. The molecule has 0 fully saturated rings. The molecule has 11 heteroatoms. The van der Waals surface area contributed by atoms with Crippen molar-refractivity contribution in [1.29, 1.82) is 0 Å². The first-order valence-electron chi connectivity index (χ1n) is 11.3. The lowest BCUT2D eigenvalue weighted by molar-refractivity contribution is 0.103. The predicted molar refractivity (Wildman–Crippen MR) is 136 cm³/mol. The number of phenols is 1. The lowest BCUT2D eigenvalue weighted by Gasteiger charge is -2.31. The van der Waals surface area contributed by atoms with E-state index in [1.165, 1.54) is 46.6 Å². The molecule has 4 N–H and O–H groups in total. The summed E-state index contributed by atoms with van der Waals surface area (Å²) in [5, 5.41) is 14.2. The number of rotatable bonds is 10. The molecule has 3 rings (SSSR count). The molecule has 0 saturated carbocycles. The van der Waals surface area contributed by atoms with E-state index in [9.17, 15) is 14.7 Å². The number of benzene rings is 2. The average Bonchev–Trinajstić information content (AvgIpc) is 3.23. The largest absolute Gasteiger partial charge is 0.502 e. The fourth-order valence-corrected chi connectivity index (χ4v) is 3.81. The van der Waals surface area contributed by atoms with Crippen molar-refractivity contribution in [3.8, 4) is 28.7 Å². The topological polar surface area (TPSA) is 152 Å². The Balaban J connectivity index is 2.23. The number of phenolic OH excluding ortho intramolecular Hbond substituents is 1. The van der Waals surface area contributed by atoms with Gasteiger partial charge in [0.05, 0.1) is 40.0 Å². The highest BCUT2D eigenvalue weighted by molar-refractivity contribution is 6.20. The number of hydrogen-bond acceptors (Lipinski definition) is 10. The van der Waals surface area contributed by atoms with Crippen molar-refractivity contribution in [1.82, 2.24) is 0 Å². The van der Waals surface area contributed by atoms with Gasteiger partial charge in [0, 0.05) is 10.9 Å². The van der Waals surface area contributed by atoms with Gasteiger partial charge in [-0.2, -0.15) is 0 Å². The summed E-state index contributed by atoms with van der Waals surface area (Å²) in [5.74, 6) is 0.421. The molecule has 11 nitrogen and oxygen atoms in total. The maximum absolute atomic E-state index is 14.0. The van der Waals surface area contributed by atoms with Crippen LogP contribution in [0.4, 0.5) is 10.7 Å². The van der Waals surface area contributed by atoms with Crippen LogP contribution in [-0.4, -0.2) is 58.1 Å². The third kappa shape index (κ3) is 5.45. The summed E-state index contributed by atoms with van der Waals surface area (Å²) >= 11 is 0. The zero-order chi connectivity index (χ0) is 27.5. The van der Waals surface area contributed by atoms with E-state index in [0.29, 0.717) is 22.6 Å². The molecule has 1 atom stereocenters. The smallest absolute Gasteiger partial charge is 0.404 e. The van der Waals surface area contributed by atoms with Crippen LogP contribution in [0.1, 0.15) is 36.7 Å². The summed E-state index contributed by atoms with van der Waals surface area (Å²) in [4.78, 5) is 25.3. The number of ether oxygens (including phenoxy) is 5. The van der Waals surface area contributed by atoms with Gasteiger partial charge in [0.25, 0.3) is 0 Å². The fourth-order valence-electron chi connectivity index (χ4n) is 3.81. The Morgan fingerprint density at radius 2 is 1.59 bits per heavy atom. The number of nitrogens with one attached hydrogen (secondary N) is 1. The number of primary amides is 1. The molecule has 0 radical (unpaired) electrons. The Labute approximate surface area is 214 Å². The molecule has 0 aliphatic carbocycles. The van der Waals surface area contributed by atoms with Crippen LogP contribution >= 0.6 is 0 Å². The standard InChI is InChI=1S/C26H32N2O9/c1-26(2,3)18(12-36-25(27)31)28-24-19(14-8-9-15(32-4)21(30)22(14)37-24)20(29)13-10-16(33-5)23(35-7)17(11-13)34-6/h8-11,18,28,30H,12H2,1-7H3,(H2,27,31). The van der Waals surface area contributed by atoms with Gasteiger partial charge in [0.15, 0.2) is 28.6 Å². The molecule has 3 aromatic rings. The molecular formula is C26H32N2O9. The monoisotopic (exact) mass is 516 g/mol.